The monoisotopic (exact) mass is 291 g/mol. The van der Waals surface area contributed by atoms with Gasteiger partial charge in [-0.2, -0.15) is 0 Å². The fraction of sp³-hybridized carbons (Fsp3) is 0.467. The maximum atomic E-state index is 3.62. The van der Waals surface area contributed by atoms with Gasteiger partial charge >= 0.3 is 0 Å². The molecule has 0 bridgehead atoms. The number of halogens is 1. The van der Waals surface area contributed by atoms with Crippen molar-refractivity contribution in [3.63, 3.8) is 0 Å². The van der Waals surface area contributed by atoms with Crippen LogP contribution < -0.4 is 0 Å². The summed E-state index contributed by atoms with van der Waals surface area (Å²) in [6.07, 6.45) is 9.02. The molecule has 1 saturated carbocycles. The third-order valence-electron chi connectivity index (χ3n) is 4.27. The number of aromatic nitrogens is 1. The van der Waals surface area contributed by atoms with Crippen molar-refractivity contribution in [2.45, 2.75) is 44.4 Å². The first-order valence-corrected chi connectivity index (χ1v) is 7.26. The largest absolute Gasteiger partial charge is 0.360 e. The second-order valence-electron chi connectivity index (χ2n) is 5.49. The molecule has 1 fully saturated rings. The Balaban J connectivity index is 2.14. The minimum atomic E-state index is 0.372. The number of hydrogen-bond donors (Lipinski definition) is 1. The quantitative estimate of drug-likeness (QED) is 0.748. The average Bonchev–Trinajstić information content (AvgIpc) is 2.76. The molecule has 1 nitrogen and oxygen atoms in total. The molecule has 0 saturated heterocycles. The Kier molecular flexibility index (Phi) is 2.78. The number of benzene rings is 1. The van der Waals surface area contributed by atoms with Crippen molar-refractivity contribution in [1.29, 1.82) is 0 Å². The summed E-state index contributed by atoms with van der Waals surface area (Å²) >= 11 is 3.62. The van der Waals surface area contributed by atoms with Crippen LogP contribution in [0.1, 0.15) is 44.6 Å². The van der Waals surface area contributed by atoms with Crippen LogP contribution in [0.2, 0.25) is 0 Å². The normalized spacial score (nSPS) is 19.6. The summed E-state index contributed by atoms with van der Waals surface area (Å²) in [6, 6.07) is 6.48. The van der Waals surface area contributed by atoms with E-state index in [0.29, 0.717) is 5.41 Å². The molecule has 0 atom stereocenters. The summed E-state index contributed by atoms with van der Waals surface area (Å²) < 4.78 is 1.17. The summed E-state index contributed by atoms with van der Waals surface area (Å²) in [5.74, 6) is 0. The van der Waals surface area contributed by atoms with Crippen molar-refractivity contribution in [3.05, 3.63) is 34.4 Å². The number of H-pyrrole nitrogens is 1. The molecule has 0 radical (unpaired) electrons. The van der Waals surface area contributed by atoms with Crippen molar-refractivity contribution in [2.24, 2.45) is 0 Å². The molecule has 0 unspecified atom stereocenters. The van der Waals surface area contributed by atoms with E-state index in [1.807, 2.05) is 0 Å². The lowest BCUT2D eigenvalue weighted by Gasteiger charge is -2.33. The van der Waals surface area contributed by atoms with E-state index in [2.05, 4.69) is 52.2 Å². The number of hydrogen-bond acceptors (Lipinski definition) is 0. The van der Waals surface area contributed by atoms with Gasteiger partial charge in [-0.15, -0.1) is 0 Å². The van der Waals surface area contributed by atoms with E-state index in [1.165, 1.54) is 53.0 Å². The van der Waals surface area contributed by atoms with Gasteiger partial charge in [0.1, 0.15) is 0 Å². The van der Waals surface area contributed by atoms with Crippen LogP contribution in [0.5, 0.6) is 0 Å². The fourth-order valence-electron chi connectivity index (χ4n) is 3.22. The third kappa shape index (κ3) is 1.83. The van der Waals surface area contributed by atoms with Gasteiger partial charge in [0.2, 0.25) is 0 Å². The van der Waals surface area contributed by atoms with Crippen LogP contribution in [0.25, 0.3) is 10.9 Å². The Labute approximate surface area is 111 Å². The third-order valence-corrected chi connectivity index (χ3v) is 4.93. The van der Waals surface area contributed by atoms with Gasteiger partial charge in [-0.1, -0.05) is 38.3 Å². The van der Waals surface area contributed by atoms with Gasteiger partial charge in [0.25, 0.3) is 0 Å². The zero-order valence-electron chi connectivity index (χ0n) is 10.2. The standard InChI is InChI=1S/C15H18BrN/c1-15(8-3-2-4-9-15)12-10-17-14-11(12)6-5-7-13(14)16/h5-7,10,17H,2-4,8-9H2,1H3. The van der Waals surface area contributed by atoms with Gasteiger partial charge < -0.3 is 4.98 Å². The van der Waals surface area contributed by atoms with E-state index < -0.39 is 0 Å². The second kappa shape index (κ2) is 4.16. The predicted octanol–water partition coefficient (Wildman–Crippen LogP) is 5.15. The Morgan fingerprint density at radius 1 is 1.18 bits per heavy atom. The number of rotatable bonds is 1. The Hall–Kier alpha value is -0.760. The molecule has 90 valence electrons. The zero-order valence-corrected chi connectivity index (χ0v) is 11.8. The second-order valence-corrected chi connectivity index (χ2v) is 6.34. The van der Waals surface area contributed by atoms with Crippen LogP contribution >= 0.6 is 15.9 Å². The first kappa shape index (κ1) is 11.3. The van der Waals surface area contributed by atoms with Crippen LogP contribution in [0.4, 0.5) is 0 Å². The van der Waals surface area contributed by atoms with Crippen molar-refractivity contribution in [3.8, 4) is 0 Å². The van der Waals surface area contributed by atoms with E-state index in [9.17, 15) is 0 Å². The van der Waals surface area contributed by atoms with E-state index in [0.717, 1.165) is 0 Å². The Morgan fingerprint density at radius 2 is 1.94 bits per heavy atom. The van der Waals surface area contributed by atoms with Crippen molar-refractivity contribution < 1.29 is 0 Å². The maximum Gasteiger partial charge on any atom is 0.0601 e. The Bertz CT molecular complexity index is 535. The summed E-state index contributed by atoms with van der Waals surface area (Å²) in [7, 11) is 0. The van der Waals surface area contributed by atoms with Crippen LogP contribution in [0.3, 0.4) is 0 Å². The van der Waals surface area contributed by atoms with Crippen molar-refractivity contribution in [1.82, 2.24) is 4.98 Å². The minimum Gasteiger partial charge on any atom is -0.360 e. The van der Waals surface area contributed by atoms with E-state index >= 15 is 0 Å². The van der Waals surface area contributed by atoms with E-state index in [1.54, 1.807) is 0 Å². The van der Waals surface area contributed by atoms with Gasteiger partial charge in [0.15, 0.2) is 0 Å². The summed E-state index contributed by atoms with van der Waals surface area (Å²) in [5, 5.41) is 1.39. The molecule has 1 aliphatic rings. The molecule has 1 aromatic heterocycles. The smallest absolute Gasteiger partial charge is 0.0601 e. The molecule has 17 heavy (non-hydrogen) atoms. The molecule has 2 heteroatoms. The number of nitrogens with one attached hydrogen (secondary N) is 1. The van der Waals surface area contributed by atoms with E-state index in [-0.39, 0.29) is 0 Å². The highest BCUT2D eigenvalue weighted by atomic mass is 79.9. The lowest BCUT2D eigenvalue weighted by molar-refractivity contribution is 0.322. The first-order chi connectivity index (χ1) is 8.21. The molecular weight excluding hydrogens is 274 g/mol. The molecule has 0 aliphatic heterocycles. The molecule has 0 amide bonds. The lowest BCUT2D eigenvalue weighted by Crippen LogP contribution is -2.24. The fourth-order valence-corrected chi connectivity index (χ4v) is 3.70. The zero-order chi connectivity index (χ0) is 11.9. The highest BCUT2D eigenvalue weighted by Gasteiger charge is 2.30. The predicted molar refractivity (Wildman–Crippen MR) is 76.4 cm³/mol. The van der Waals surface area contributed by atoms with Gasteiger partial charge in [0.05, 0.1) is 5.52 Å². The first-order valence-electron chi connectivity index (χ1n) is 6.47. The van der Waals surface area contributed by atoms with Gasteiger partial charge in [-0.3, -0.25) is 0 Å². The van der Waals surface area contributed by atoms with Crippen molar-refractivity contribution >= 4 is 26.8 Å². The average molecular weight is 292 g/mol. The highest BCUT2D eigenvalue weighted by Crippen LogP contribution is 2.42. The van der Waals surface area contributed by atoms with Crippen LogP contribution in [0, 0.1) is 0 Å². The van der Waals surface area contributed by atoms with Gasteiger partial charge in [-0.25, -0.2) is 0 Å². The molecule has 1 heterocycles. The van der Waals surface area contributed by atoms with Crippen molar-refractivity contribution in [2.75, 3.05) is 0 Å². The molecule has 3 rings (SSSR count). The summed E-state index contributed by atoms with van der Waals surface area (Å²) in [5.41, 5.74) is 3.12. The van der Waals surface area contributed by atoms with Crippen LogP contribution in [-0.4, -0.2) is 4.98 Å². The molecule has 1 aromatic carbocycles. The maximum absolute atomic E-state index is 3.62. The molecule has 1 aliphatic carbocycles. The number of para-hydroxylation sites is 1. The van der Waals surface area contributed by atoms with Gasteiger partial charge in [-0.05, 0) is 45.8 Å². The van der Waals surface area contributed by atoms with Gasteiger partial charge in [0, 0.05) is 16.1 Å². The SMILES string of the molecule is CC1(c2c[nH]c3c(Br)cccc23)CCCCC1. The number of aromatic amines is 1. The molecular formula is C15H18BrN. The minimum absolute atomic E-state index is 0.372. The molecule has 1 N–H and O–H groups in total. The Morgan fingerprint density at radius 3 is 2.71 bits per heavy atom. The molecule has 2 aromatic rings. The lowest BCUT2D eigenvalue weighted by atomic mass is 9.71. The van der Waals surface area contributed by atoms with E-state index in [4.69, 9.17) is 0 Å². The molecule has 0 spiro atoms. The van der Waals surface area contributed by atoms with Crippen LogP contribution in [0.15, 0.2) is 28.9 Å². The summed E-state index contributed by atoms with van der Waals surface area (Å²) in [6.45, 7) is 2.43. The topological polar surface area (TPSA) is 15.8 Å². The number of fused-ring (bicyclic) bond motifs is 1. The highest BCUT2D eigenvalue weighted by molar-refractivity contribution is 9.10. The summed E-state index contributed by atoms with van der Waals surface area (Å²) in [4.78, 5) is 3.43. The van der Waals surface area contributed by atoms with Crippen LogP contribution in [-0.2, 0) is 5.41 Å².